The molecule has 2 atom stereocenters. The van der Waals surface area contributed by atoms with Crippen LogP contribution in [-0.2, 0) is 0 Å². The molecule has 0 bridgehead atoms. The Balaban J connectivity index is 1.97. The van der Waals surface area contributed by atoms with E-state index in [9.17, 15) is 0 Å². The Morgan fingerprint density at radius 2 is 2.05 bits per heavy atom. The average Bonchev–Trinajstić information content (AvgIpc) is 2.90. The lowest BCUT2D eigenvalue weighted by Crippen LogP contribution is -2.36. The van der Waals surface area contributed by atoms with E-state index in [-0.39, 0.29) is 0 Å². The Hall–Kier alpha value is -1.36. The SMILES string of the molecule is CC(C)c1c(NN)ncnc1N1CCC2CCCCC21. The summed E-state index contributed by atoms with van der Waals surface area (Å²) in [6.07, 6.45) is 8.36. The number of nitrogens with zero attached hydrogens (tertiary/aromatic N) is 3. The lowest BCUT2D eigenvalue weighted by atomic mass is 9.85. The van der Waals surface area contributed by atoms with Gasteiger partial charge in [0.15, 0.2) is 0 Å². The van der Waals surface area contributed by atoms with Crippen LogP contribution in [0.3, 0.4) is 0 Å². The maximum absolute atomic E-state index is 5.63. The van der Waals surface area contributed by atoms with Crippen molar-refractivity contribution < 1.29 is 0 Å². The Kier molecular flexibility index (Phi) is 3.78. The summed E-state index contributed by atoms with van der Waals surface area (Å²) in [7, 11) is 0. The van der Waals surface area contributed by atoms with Gasteiger partial charge in [-0.1, -0.05) is 26.7 Å². The highest BCUT2D eigenvalue weighted by atomic mass is 15.3. The number of nitrogens with two attached hydrogens (primary N) is 1. The number of nitrogen functional groups attached to an aromatic ring is 1. The van der Waals surface area contributed by atoms with E-state index in [0.717, 1.165) is 29.7 Å². The molecule has 3 rings (SSSR count). The number of aromatic nitrogens is 2. The predicted molar refractivity (Wildman–Crippen MR) is 81.6 cm³/mol. The van der Waals surface area contributed by atoms with Gasteiger partial charge in [0.05, 0.1) is 0 Å². The van der Waals surface area contributed by atoms with Crippen LogP contribution < -0.4 is 16.2 Å². The van der Waals surface area contributed by atoms with Crippen LogP contribution in [0.25, 0.3) is 0 Å². The second kappa shape index (κ2) is 5.56. The summed E-state index contributed by atoms with van der Waals surface area (Å²) in [5.74, 6) is 8.71. The van der Waals surface area contributed by atoms with Gasteiger partial charge in [-0.15, -0.1) is 0 Å². The number of hydrazine groups is 1. The van der Waals surface area contributed by atoms with Crippen molar-refractivity contribution in [1.29, 1.82) is 0 Å². The minimum atomic E-state index is 0.361. The third-order valence-electron chi connectivity index (χ3n) is 4.86. The summed E-state index contributed by atoms with van der Waals surface area (Å²) in [5.41, 5.74) is 3.89. The molecular weight excluding hydrogens is 250 g/mol. The molecule has 0 aromatic carbocycles. The van der Waals surface area contributed by atoms with Crippen LogP contribution in [0.2, 0.25) is 0 Å². The molecule has 1 saturated carbocycles. The van der Waals surface area contributed by atoms with E-state index in [1.54, 1.807) is 6.33 Å². The largest absolute Gasteiger partial charge is 0.353 e. The second-order valence-electron chi connectivity index (χ2n) is 6.35. The summed E-state index contributed by atoms with van der Waals surface area (Å²) in [5, 5.41) is 0. The zero-order chi connectivity index (χ0) is 14.1. The van der Waals surface area contributed by atoms with Crippen molar-refractivity contribution in [3.8, 4) is 0 Å². The van der Waals surface area contributed by atoms with E-state index in [1.807, 2.05) is 0 Å². The summed E-state index contributed by atoms with van der Waals surface area (Å²) >= 11 is 0. The fraction of sp³-hybridized carbons (Fsp3) is 0.733. The van der Waals surface area contributed by atoms with Crippen LogP contribution in [0, 0.1) is 5.92 Å². The van der Waals surface area contributed by atoms with Gasteiger partial charge in [0.25, 0.3) is 0 Å². The summed E-state index contributed by atoms with van der Waals surface area (Å²) < 4.78 is 0. The fourth-order valence-corrected chi connectivity index (χ4v) is 3.93. The minimum Gasteiger partial charge on any atom is -0.353 e. The highest BCUT2D eigenvalue weighted by molar-refractivity contribution is 5.61. The summed E-state index contributed by atoms with van der Waals surface area (Å²) in [6.45, 7) is 5.48. The molecule has 0 amide bonds. The lowest BCUT2D eigenvalue weighted by Gasteiger charge is -2.34. The number of rotatable bonds is 3. The first-order valence-corrected chi connectivity index (χ1v) is 7.80. The molecular formula is C15H25N5. The van der Waals surface area contributed by atoms with Gasteiger partial charge in [-0.2, -0.15) is 0 Å². The molecule has 1 aromatic rings. The van der Waals surface area contributed by atoms with E-state index < -0.39 is 0 Å². The Morgan fingerprint density at radius 3 is 2.80 bits per heavy atom. The molecule has 5 heteroatoms. The lowest BCUT2D eigenvalue weighted by molar-refractivity contribution is 0.341. The molecule has 1 aliphatic heterocycles. The number of hydrogen-bond donors (Lipinski definition) is 2. The Bertz CT molecular complexity index is 473. The maximum Gasteiger partial charge on any atom is 0.148 e. The van der Waals surface area contributed by atoms with Crippen molar-refractivity contribution in [3.05, 3.63) is 11.9 Å². The van der Waals surface area contributed by atoms with Crippen LogP contribution in [0.4, 0.5) is 11.6 Å². The molecule has 2 fully saturated rings. The van der Waals surface area contributed by atoms with Crippen LogP contribution in [-0.4, -0.2) is 22.6 Å². The smallest absolute Gasteiger partial charge is 0.148 e. The first-order valence-electron chi connectivity index (χ1n) is 7.80. The van der Waals surface area contributed by atoms with Crippen LogP contribution >= 0.6 is 0 Å². The van der Waals surface area contributed by atoms with Crippen molar-refractivity contribution in [2.24, 2.45) is 11.8 Å². The van der Waals surface area contributed by atoms with Crippen molar-refractivity contribution in [2.45, 2.75) is 57.9 Å². The Morgan fingerprint density at radius 1 is 1.25 bits per heavy atom. The van der Waals surface area contributed by atoms with Crippen LogP contribution in [0.5, 0.6) is 0 Å². The van der Waals surface area contributed by atoms with E-state index in [0.29, 0.717) is 12.0 Å². The maximum atomic E-state index is 5.63. The molecule has 1 aliphatic carbocycles. The number of hydrogen-bond acceptors (Lipinski definition) is 5. The zero-order valence-corrected chi connectivity index (χ0v) is 12.5. The summed E-state index contributed by atoms with van der Waals surface area (Å²) in [4.78, 5) is 11.4. The highest BCUT2D eigenvalue weighted by Crippen LogP contribution is 2.41. The van der Waals surface area contributed by atoms with Gasteiger partial charge in [-0.25, -0.2) is 15.8 Å². The average molecular weight is 275 g/mol. The molecule has 0 spiro atoms. The van der Waals surface area contributed by atoms with Gasteiger partial charge in [-0.3, -0.25) is 0 Å². The minimum absolute atomic E-state index is 0.361. The molecule has 2 aliphatic rings. The number of anilines is 2. The first kappa shape index (κ1) is 13.6. The molecule has 2 heterocycles. The van der Waals surface area contributed by atoms with E-state index in [2.05, 4.69) is 34.1 Å². The van der Waals surface area contributed by atoms with Gasteiger partial charge >= 0.3 is 0 Å². The highest BCUT2D eigenvalue weighted by Gasteiger charge is 2.37. The normalized spacial score (nSPS) is 25.9. The number of nitrogens with one attached hydrogen (secondary N) is 1. The van der Waals surface area contributed by atoms with Crippen LogP contribution in [0.15, 0.2) is 6.33 Å². The van der Waals surface area contributed by atoms with Gasteiger partial charge in [-0.05, 0) is 31.1 Å². The molecule has 20 heavy (non-hydrogen) atoms. The molecule has 2 unspecified atom stereocenters. The summed E-state index contributed by atoms with van der Waals surface area (Å²) in [6, 6.07) is 0.668. The topological polar surface area (TPSA) is 67.1 Å². The van der Waals surface area contributed by atoms with Crippen LogP contribution in [0.1, 0.15) is 57.4 Å². The van der Waals surface area contributed by atoms with Crippen molar-refractivity contribution in [2.75, 3.05) is 16.9 Å². The van der Waals surface area contributed by atoms with E-state index in [4.69, 9.17) is 5.84 Å². The monoisotopic (exact) mass is 275 g/mol. The molecule has 5 nitrogen and oxygen atoms in total. The number of fused-ring (bicyclic) bond motifs is 1. The standard InChI is InChI=1S/C15H25N5/c1-10(2)13-14(19-16)17-9-18-15(13)20-8-7-11-5-3-4-6-12(11)20/h9-12H,3-8,16H2,1-2H3,(H,17,18,19). The molecule has 1 saturated heterocycles. The quantitative estimate of drug-likeness (QED) is 0.655. The Labute approximate surface area is 120 Å². The van der Waals surface area contributed by atoms with Gasteiger partial charge < -0.3 is 10.3 Å². The molecule has 3 N–H and O–H groups in total. The van der Waals surface area contributed by atoms with E-state index in [1.165, 1.54) is 32.1 Å². The third-order valence-corrected chi connectivity index (χ3v) is 4.86. The van der Waals surface area contributed by atoms with Crippen molar-refractivity contribution in [1.82, 2.24) is 9.97 Å². The fourth-order valence-electron chi connectivity index (χ4n) is 3.93. The first-order chi connectivity index (χ1) is 9.72. The van der Waals surface area contributed by atoms with E-state index >= 15 is 0 Å². The van der Waals surface area contributed by atoms with Crippen molar-refractivity contribution in [3.63, 3.8) is 0 Å². The van der Waals surface area contributed by atoms with Gasteiger partial charge in [0.1, 0.15) is 18.0 Å². The third kappa shape index (κ3) is 2.24. The van der Waals surface area contributed by atoms with Gasteiger partial charge in [0, 0.05) is 18.2 Å². The molecule has 0 radical (unpaired) electrons. The molecule has 1 aromatic heterocycles. The molecule has 110 valence electrons. The van der Waals surface area contributed by atoms with Gasteiger partial charge in [0.2, 0.25) is 0 Å². The predicted octanol–water partition coefficient (Wildman–Crippen LogP) is 2.65. The van der Waals surface area contributed by atoms with Crippen molar-refractivity contribution >= 4 is 11.6 Å². The second-order valence-corrected chi connectivity index (χ2v) is 6.35. The zero-order valence-electron chi connectivity index (χ0n) is 12.5.